The number of carbonyl (C=O) groups is 4. The van der Waals surface area contributed by atoms with Crippen LogP contribution in [0.1, 0.15) is 59.8 Å². The Balaban J connectivity index is 1.63. The molecule has 0 aliphatic carbocycles. The van der Waals surface area contributed by atoms with Gasteiger partial charge in [-0.2, -0.15) is 0 Å². The molecular formula is C26H39N5O4. The molecule has 4 N–H and O–H groups in total. The summed E-state index contributed by atoms with van der Waals surface area (Å²) in [5.74, 6) is -0.980. The molecule has 9 nitrogen and oxygen atoms in total. The van der Waals surface area contributed by atoms with E-state index in [4.69, 9.17) is 0 Å². The molecule has 35 heavy (non-hydrogen) atoms. The van der Waals surface area contributed by atoms with Gasteiger partial charge in [0.05, 0.1) is 6.04 Å². The van der Waals surface area contributed by atoms with Crippen LogP contribution in [0.25, 0.3) is 0 Å². The standard InChI is InChI=1S/C26H39N5O4/c1-17(2)16-20(22(32)28-18-10-6-5-7-11-18)29-25(35)26(3,4)30-23(33)21-13-9-15-31(21)24(34)19-12-8-14-27-19/h5-7,10-11,17,19-21,27H,8-9,12-16H2,1-4H3,(H,28,32)(H,29,35)(H,30,33). The molecule has 2 aliphatic rings. The average molecular weight is 486 g/mol. The highest BCUT2D eigenvalue weighted by molar-refractivity contribution is 6.00. The van der Waals surface area contributed by atoms with E-state index in [1.807, 2.05) is 32.0 Å². The van der Waals surface area contributed by atoms with Gasteiger partial charge in [0.1, 0.15) is 17.6 Å². The van der Waals surface area contributed by atoms with E-state index in [9.17, 15) is 19.2 Å². The first-order valence-corrected chi connectivity index (χ1v) is 12.6. The Hall–Kier alpha value is -2.94. The summed E-state index contributed by atoms with van der Waals surface area (Å²) in [4.78, 5) is 53.8. The minimum atomic E-state index is -1.26. The van der Waals surface area contributed by atoms with Gasteiger partial charge in [0.25, 0.3) is 0 Å². The van der Waals surface area contributed by atoms with Crippen molar-refractivity contribution in [2.45, 2.75) is 83.5 Å². The van der Waals surface area contributed by atoms with E-state index in [0.29, 0.717) is 25.1 Å². The van der Waals surface area contributed by atoms with Gasteiger partial charge in [0.2, 0.25) is 23.6 Å². The van der Waals surface area contributed by atoms with Gasteiger partial charge >= 0.3 is 0 Å². The molecule has 3 rings (SSSR count). The first-order valence-electron chi connectivity index (χ1n) is 12.6. The third-order valence-corrected chi connectivity index (χ3v) is 6.57. The summed E-state index contributed by atoms with van der Waals surface area (Å²) in [5, 5.41) is 11.7. The molecule has 1 aromatic rings. The van der Waals surface area contributed by atoms with E-state index in [-0.39, 0.29) is 29.7 Å². The Labute approximate surface area is 207 Å². The Kier molecular flexibility index (Phi) is 8.88. The minimum Gasteiger partial charge on any atom is -0.342 e. The van der Waals surface area contributed by atoms with Crippen molar-refractivity contribution in [3.8, 4) is 0 Å². The summed E-state index contributed by atoms with van der Waals surface area (Å²) in [6, 6.07) is 7.49. The quantitative estimate of drug-likeness (QED) is 0.425. The minimum absolute atomic E-state index is 0.0445. The third-order valence-electron chi connectivity index (χ3n) is 6.57. The van der Waals surface area contributed by atoms with Crippen molar-refractivity contribution in [1.29, 1.82) is 0 Å². The van der Waals surface area contributed by atoms with Gasteiger partial charge in [0.15, 0.2) is 0 Å². The number of benzene rings is 1. The zero-order valence-electron chi connectivity index (χ0n) is 21.2. The van der Waals surface area contributed by atoms with E-state index in [2.05, 4.69) is 21.3 Å². The monoisotopic (exact) mass is 485 g/mol. The van der Waals surface area contributed by atoms with E-state index in [1.54, 1.807) is 30.9 Å². The molecule has 0 spiro atoms. The average Bonchev–Trinajstić information content (AvgIpc) is 3.50. The number of nitrogens with zero attached hydrogens (tertiary/aromatic N) is 1. The molecule has 3 unspecified atom stereocenters. The van der Waals surface area contributed by atoms with Gasteiger partial charge in [-0.15, -0.1) is 0 Å². The molecule has 1 aromatic carbocycles. The number of para-hydroxylation sites is 1. The molecule has 2 saturated heterocycles. The van der Waals surface area contributed by atoms with Crippen LogP contribution in [0.4, 0.5) is 5.69 Å². The second-order valence-electron chi connectivity index (χ2n) is 10.5. The van der Waals surface area contributed by atoms with Crippen LogP contribution < -0.4 is 21.3 Å². The Morgan fingerprint density at radius 3 is 2.43 bits per heavy atom. The van der Waals surface area contributed by atoms with Gasteiger partial charge < -0.3 is 26.2 Å². The number of carbonyl (C=O) groups excluding carboxylic acids is 4. The lowest BCUT2D eigenvalue weighted by Crippen LogP contribution is -2.61. The number of amides is 4. The van der Waals surface area contributed by atoms with Crippen LogP contribution in [0, 0.1) is 5.92 Å². The van der Waals surface area contributed by atoms with Crippen molar-refractivity contribution in [3.63, 3.8) is 0 Å². The van der Waals surface area contributed by atoms with Crippen LogP contribution >= 0.6 is 0 Å². The lowest BCUT2D eigenvalue weighted by Gasteiger charge is -2.32. The normalized spacial score (nSPS) is 21.0. The second kappa shape index (κ2) is 11.7. The predicted molar refractivity (Wildman–Crippen MR) is 134 cm³/mol. The van der Waals surface area contributed by atoms with Crippen LogP contribution in [0.15, 0.2) is 30.3 Å². The van der Waals surface area contributed by atoms with Crippen LogP contribution in [0.2, 0.25) is 0 Å². The molecule has 192 valence electrons. The number of hydrogen-bond acceptors (Lipinski definition) is 5. The molecule has 2 aliphatic heterocycles. The van der Waals surface area contributed by atoms with Crippen molar-refractivity contribution in [3.05, 3.63) is 30.3 Å². The van der Waals surface area contributed by atoms with Crippen molar-refractivity contribution < 1.29 is 19.2 Å². The smallest absolute Gasteiger partial charge is 0.246 e. The number of likely N-dealkylation sites (tertiary alicyclic amines) is 1. The highest BCUT2D eigenvalue weighted by Gasteiger charge is 2.41. The van der Waals surface area contributed by atoms with Crippen molar-refractivity contribution in [2.75, 3.05) is 18.4 Å². The summed E-state index contributed by atoms with van der Waals surface area (Å²) in [6.07, 6.45) is 3.49. The van der Waals surface area contributed by atoms with E-state index in [1.165, 1.54) is 0 Å². The van der Waals surface area contributed by atoms with Crippen molar-refractivity contribution in [2.24, 2.45) is 5.92 Å². The first-order chi connectivity index (χ1) is 16.6. The molecular weight excluding hydrogens is 446 g/mol. The van der Waals surface area contributed by atoms with Gasteiger partial charge in [0, 0.05) is 12.2 Å². The summed E-state index contributed by atoms with van der Waals surface area (Å²) < 4.78 is 0. The Morgan fingerprint density at radius 2 is 1.80 bits per heavy atom. The lowest BCUT2D eigenvalue weighted by atomic mass is 9.99. The predicted octanol–water partition coefficient (Wildman–Crippen LogP) is 1.79. The van der Waals surface area contributed by atoms with Gasteiger partial charge in [-0.3, -0.25) is 19.2 Å². The van der Waals surface area contributed by atoms with E-state index >= 15 is 0 Å². The topological polar surface area (TPSA) is 120 Å². The zero-order valence-corrected chi connectivity index (χ0v) is 21.2. The highest BCUT2D eigenvalue weighted by Crippen LogP contribution is 2.22. The Bertz CT molecular complexity index is 912. The molecule has 3 atom stereocenters. The van der Waals surface area contributed by atoms with Crippen molar-refractivity contribution in [1.82, 2.24) is 20.9 Å². The number of hydrogen-bond donors (Lipinski definition) is 4. The molecule has 9 heteroatoms. The largest absolute Gasteiger partial charge is 0.342 e. The van der Waals surface area contributed by atoms with E-state index < -0.39 is 23.5 Å². The van der Waals surface area contributed by atoms with E-state index in [0.717, 1.165) is 25.8 Å². The lowest BCUT2D eigenvalue weighted by molar-refractivity contribution is -0.142. The zero-order chi connectivity index (χ0) is 25.6. The summed E-state index contributed by atoms with van der Waals surface area (Å²) in [6.45, 7) is 8.53. The molecule has 2 fully saturated rings. The maximum Gasteiger partial charge on any atom is 0.246 e. The maximum absolute atomic E-state index is 13.2. The van der Waals surface area contributed by atoms with Gasteiger partial charge in [-0.1, -0.05) is 32.0 Å². The first kappa shape index (κ1) is 26.7. The summed E-state index contributed by atoms with van der Waals surface area (Å²) >= 11 is 0. The number of rotatable bonds is 9. The van der Waals surface area contributed by atoms with Crippen LogP contribution in [0.5, 0.6) is 0 Å². The highest BCUT2D eigenvalue weighted by atomic mass is 16.2. The molecule has 4 amide bonds. The summed E-state index contributed by atoms with van der Waals surface area (Å²) in [5.41, 5.74) is -0.613. The number of nitrogens with one attached hydrogen (secondary N) is 4. The fourth-order valence-electron chi connectivity index (χ4n) is 4.64. The fraction of sp³-hybridized carbons (Fsp3) is 0.615. The SMILES string of the molecule is CC(C)CC(NC(=O)C(C)(C)NC(=O)C1CCCN1C(=O)C1CCCN1)C(=O)Nc1ccccc1. The van der Waals surface area contributed by atoms with Crippen molar-refractivity contribution >= 4 is 29.3 Å². The second-order valence-corrected chi connectivity index (χ2v) is 10.5. The third kappa shape index (κ3) is 7.04. The van der Waals surface area contributed by atoms with Gasteiger partial charge in [-0.05, 0) is 70.5 Å². The van der Waals surface area contributed by atoms with Crippen LogP contribution in [-0.2, 0) is 19.2 Å². The molecule has 0 saturated carbocycles. The maximum atomic E-state index is 13.2. The molecule has 2 heterocycles. The number of anilines is 1. The van der Waals surface area contributed by atoms with Crippen LogP contribution in [0.3, 0.4) is 0 Å². The summed E-state index contributed by atoms with van der Waals surface area (Å²) in [7, 11) is 0. The molecule has 0 bridgehead atoms. The Morgan fingerprint density at radius 1 is 1.09 bits per heavy atom. The molecule has 0 aromatic heterocycles. The fourth-order valence-corrected chi connectivity index (χ4v) is 4.64. The van der Waals surface area contributed by atoms with Crippen LogP contribution in [-0.4, -0.2) is 65.3 Å². The molecule has 0 radical (unpaired) electrons. The van der Waals surface area contributed by atoms with Gasteiger partial charge in [-0.25, -0.2) is 0 Å².